The number of carboxylic acid groups (broad SMARTS) is 1. The number of carbonyl (C=O) groups excluding carboxylic acids is 2. The Morgan fingerprint density at radius 1 is 1.10 bits per heavy atom. The second kappa shape index (κ2) is 7.72. The fourth-order valence-corrected chi connectivity index (χ4v) is 4.73. The van der Waals surface area contributed by atoms with Crippen molar-refractivity contribution in [2.24, 2.45) is 5.41 Å². The number of likely N-dealkylation sites (tertiary alicyclic amines) is 1. The first-order chi connectivity index (χ1) is 14.7. The highest BCUT2D eigenvalue weighted by molar-refractivity contribution is 5.91. The highest BCUT2D eigenvalue weighted by atomic mass is 16.5. The lowest BCUT2D eigenvalue weighted by molar-refractivity contribution is -0.172. The molecule has 4 rings (SSSR count). The molecule has 2 aromatic carbocycles. The van der Waals surface area contributed by atoms with E-state index in [1.165, 1.54) is 11.8 Å². The van der Waals surface area contributed by atoms with Crippen molar-refractivity contribution in [3.8, 4) is 11.1 Å². The number of hydrogen-bond acceptors (Lipinski definition) is 4. The van der Waals surface area contributed by atoms with E-state index in [4.69, 9.17) is 4.74 Å². The normalized spacial score (nSPS) is 19.6. The molecule has 1 aliphatic heterocycles. The Kier molecular flexibility index (Phi) is 5.21. The van der Waals surface area contributed by atoms with Gasteiger partial charge in [-0.05, 0) is 29.2 Å². The standard InChI is InChI=1S/C24H26N2O5/c1-14(21(27)26-13-24(2,3)20(26)22(28)29)25-23(30)31-12-19-17-10-6-4-8-15(17)16-9-5-7-11-18(16)19/h4-11,14,19-20H,12-13H2,1-3H3,(H,25,30)(H,28,29)/t14-,20?/m0/s1. The molecule has 2 atom stereocenters. The van der Waals surface area contributed by atoms with Crippen LogP contribution in [0.15, 0.2) is 48.5 Å². The topological polar surface area (TPSA) is 95.9 Å². The Labute approximate surface area is 181 Å². The molecule has 2 aliphatic rings. The monoisotopic (exact) mass is 422 g/mol. The predicted octanol–water partition coefficient (Wildman–Crippen LogP) is 3.24. The molecule has 0 radical (unpaired) electrons. The molecule has 1 unspecified atom stereocenters. The van der Waals surface area contributed by atoms with Crippen LogP contribution in [0.1, 0.15) is 37.8 Å². The third-order valence-corrected chi connectivity index (χ3v) is 6.20. The number of aliphatic carboxylic acids is 1. The van der Waals surface area contributed by atoms with E-state index in [0.717, 1.165) is 22.3 Å². The van der Waals surface area contributed by atoms with Crippen LogP contribution in [0.4, 0.5) is 4.79 Å². The van der Waals surface area contributed by atoms with Crippen LogP contribution in [0.25, 0.3) is 11.1 Å². The summed E-state index contributed by atoms with van der Waals surface area (Å²) in [4.78, 5) is 37.8. The molecular formula is C24H26N2O5. The molecule has 162 valence electrons. The van der Waals surface area contributed by atoms with Gasteiger partial charge in [-0.1, -0.05) is 62.4 Å². The van der Waals surface area contributed by atoms with E-state index in [1.807, 2.05) is 36.4 Å². The van der Waals surface area contributed by atoms with E-state index in [-0.39, 0.29) is 12.5 Å². The number of nitrogens with one attached hydrogen (secondary N) is 1. The minimum atomic E-state index is -1.04. The van der Waals surface area contributed by atoms with Crippen LogP contribution in [0.5, 0.6) is 0 Å². The summed E-state index contributed by atoms with van der Waals surface area (Å²) in [5.41, 5.74) is 3.98. The van der Waals surface area contributed by atoms with Gasteiger partial charge in [0.25, 0.3) is 0 Å². The van der Waals surface area contributed by atoms with Gasteiger partial charge in [0.15, 0.2) is 0 Å². The predicted molar refractivity (Wildman–Crippen MR) is 115 cm³/mol. The van der Waals surface area contributed by atoms with E-state index < -0.39 is 35.5 Å². The average Bonchev–Trinajstić information content (AvgIpc) is 3.03. The molecule has 0 spiro atoms. The summed E-state index contributed by atoms with van der Waals surface area (Å²) >= 11 is 0. The maximum Gasteiger partial charge on any atom is 0.407 e. The van der Waals surface area contributed by atoms with E-state index in [0.29, 0.717) is 6.54 Å². The van der Waals surface area contributed by atoms with E-state index in [1.54, 1.807) is 13.8 Å². The van der Waals surface area contributed by atoms with Crippen molar-refractivity contribution in [2.75, 3.05) is 13.2 Å². The Bertz CT molecular complexity index is 1000. The lowest BCUT2D eigenvalue weighted by atomic mass is 9.74. The number of hydrogen-bond donors (Lipinski definition) is 2. The lowest BCUT2D eigenvalue weighted by Crippen LogP contribution is -2.69. The number of alkyl carbamates (subject to hydrolysis) is 1. The van der Waals surface area contributed by atoms with Gasteiger partial charge < -0.3 is 20.1 Å². The van der Waals surface area contributed by atoms with Gasteiger partial charge in [0.2, 0.25) is 5.91 Å². The van der Waals surface area contributed by atoms with Crippen LogP contribution in [0, 0.1) is 5.41 Å². The number of ether oxygens (including phenoxy) is 1. The van der Waals surface area contributed by atoms with Crippen molar-refractivity contribution < 1.29 is 24.2 Å². The highest BCUT2D eigenvalue weighted by Crippen LogP contribution is 2.44. The minimum absolute atomic E-state index is 0.0725. The molecule has 0 aromatic heterocycles. The van der Waals surface area contributed by atoms with Gasteiger partial charge in [0.1, 0.15) is 18.7 Å². The van der Waals surface area contributed by atoms with Gasteiger partial charge in [-0.3, -0.25) is 4.79 Å². The van der Waals surface area contributed by atoms with Crippen molar-refractivity contribution in [1.82, 2.24) is 10.2 Å². The SMILES string of the molecule is C[C@H](NC(=O)OCC1c2ccccc2-c2ccccc21)C(=O)N1CC(C)(C)C1C(=O)O. The number of amides is 2. The Morgan fingerprint density at radius 2 is 1.65 bits per heavy atom. The fourth-order valence-electron chi connectivity index (χ4n) is 4.73. The third-order valence-electron chi connectivity index (χ3n) is 6.20. The van der Waals surface area contributed by atoms with Gasteiger partial charge in [-0.25, -0.2) is 9.59 Å². The Balaban J connectivity index is 1.38. The molecule has 1 aliphatic carbocycles. The molecular weight excluding hydrogens is 396 g/mol. The zero-order chi connectivity index (χ0) is 22.3. The van der Waals surface area contributed by atoms with Crippen molar-refractivity contribution >= 4 is 18.0 Å². The maximum absolute atomic E-state index is 12.6. The summed E-state index contributed by atoms with van der Waals surface area (Å²) in [5.74, 6) is -1.55. The van der Waals surface area contributed by atoms with Crippen LogP contribution >= 0.6 is 0 Å². The maximum atomic E-state index is 12.6. The first-order valence-electron chi connectivity index (χ1n) is 10.4. The summed E-state index contributed by atoms with van der Waals surface area (Å²) in [7, 11) is 0. The van der Waals surface area contributed by atoms with Gasteiger partial charge in [0.05, 0.1) is 0 Å². The molecule has 31 heavy (non-hydrogen) atoms. The third kappa shape index (κ3) is 3.65. The first-order valence-corrected chi connectivity index (χ1v) is 10.4. The van der Waals surface area contributed by atoms with E-state index in [9.17, 15) is 19.5 Å². The summed E-state index contributed by atoms with van der Waals surface area (Å²) in [6.07, 6.45) is -0.700. The molecule has 1 saturated heterocycles. The summed E-state index contributed by atoms with van der Waals surface area (Å²) in [6, 6.07) is 14.3. The summed E-state index contributed by atoms with van der Waals surface area (Å²) in [6.45, 7) is 5.63. The van der Waals surface area contributed by atoms with Gasteiger partial charge in [-0.2, -0.15) is 0 Å². The van der Waals surface area contributed by atoms with Gasteiger partial charge in [0, 0.05) is 17.9 Å². The quantitative estimate of drug-likeness (QED) is 0.771. The highest BCUT2D eigenvalue weighted by Gasteiger charge is 2.53. The van der Waals surface area contributed by atoms with Crippen LogP contribution in [-0.2, 0) is 14.3 Å². The number of fused-ring (bicyclic) bond motifs is 3. The number of carbonyl (C=O) groups is 3. The summed E-state index contributed by atoms with van der Waals surface area (Å²) < 4.78 is 5.47. The Hall–Kier alpha value is -3.35. The van der Waals surface area contributed by atoms with Crippen LogP contribution in [0.2, 0.25) is 0 Å². The van der Waals surface area contributed by atoms with Crippen LogP contribution in [0.3, 0.4) is 0 Å². The zero-order valence-corrected chi connectivity index (χ0v) is 17.8. The number of carboxylic acids is 1. The second-order valence-electron chi connectivity index (χ2n) is 8.89. The average molecular weight is 422 g/mol. The van der Waals surface area contributed by atoms with Gasteiger partial charge >= 0.3 is 12.1 Å². The number of rotatable bonds is 5. The van der Waals surface area contributed by atoms with E-state index in [2.05, 4.69) is 17.4 Å². The van der Waals surface area contributed by atoms with E-state index >= 15 is 0 Å². The summed E-state index contributed by atoms with van der Waals surface area (Å²) in [5, 5.41) is 12.0. The molecule has 2 amide bonds. The largest absolute Gasteiger partial charge is 0.480 e. The van der Waals surface area contributed by atoms with Crippen molar-refractivity contribution in [2.45, 2.75) is 38.8 Å². The fraction of sp³-hybridized carbons (Fsp3) is 0.375. The second-order valence-corrected chi connectivity index (χ2v) is 8.89. The van der Waals surface area contributed by atoms with Crippen LogP contribution < -0.4 is 5.32 Å². The van der Waals surface area contributed by atoms with Crippen molar-refractivity contribution in [3.63, 3.8) is 0 Å². The molecule has 0 saturated carbocycles. The first kappa shape index (κ1) is 20.9. The number of nitrogens with zero attached hydrogens (tertiary/aromatic N) is 1. The molecule has 7 heteroatoms. The number of benzene rings is 2. The molecule has 1 fully saturated rings. The molecule has 2 aromatic rings. The zero-order valence-electron chi connectivity index (χ0n) is 17.8. The van der Waals surface area contributed by atoms with Crippen molar-refractivity contribution in [3.05, 3.63) is 59.7 Å². The van der Waals surface area contributed by atoms with Gasteiger partial charge in [-0.15, -0.1) is 0 Å². The minimum Gasteiger partial charge on any atom is -0.480 e. The molecule has 7 nitrogen and oxygen atoms in total. The molecule has 1 heterocycles. The smallest absolute Gasteiger partial charge is 0.407 e. The Morgan fingerprint density at radius 3 is 2.16 bits per heavy atom. The van der Waals surface area contributed by atoms with Crippen LogP contribution in [-0.4, -0.2) is 53.2 Å². The lowest BCUT2D eigenvalue weighted by Gasteiger charge is -2.52. The molecule has 2 N–H and O–H groups in total. The molecule has 0 bridgehead atoms. The van der Waals surface area contributed by atoms with Crippen molar-refractivity contribution in [1.29, 1.82) is 0 Å².